The highest BCUT2D eigenvalue weighted by Gasteiger charge is 2.29. The van der Waals surface area contributed by atoms with E-state index < -0.39 is 32.7 Å². The number of unbranched alkanes of at least 4 members (excludes halogenated alkanes) is 25. The van der Waals surface area contributed by atoms with Crippen LogP contribution in [0.4, 0.5) is 0 Å². The number of carbonyl (C=O) groups excluding carboxylic acids is 1. The maximum absolute atomic E-state index is 13.0. The second-order valence-corrected chi connectivity index (χ2v) is 20.4. The summed E-state index contributed by atoms with van der Waals surface area (Å²) in [6.45, 7) is 4.33. The van der Waals surface area contributed by atoms with Gasteiger partial charge in [-0.1, -0.05) is 217 Å². The highest BCUT2D eigenvalue weighted by molar-refractivity contribution is 7.45. The van der Waals surface area contributed by atoms with Crippen molar-refractivity contribution in [2.24, 2.45) is 0 Å². The van der Waals surface area contributed by atoms with Gasteiger partial charge in [0, 0.05) is 6.42 Å². The van der Waals surface area contributed by atoms with E-state index in [1.54, 1.807) is 0 Å². The highest BCUT2D eigenvalue weighted by atomic mass is 31.2. The van der Waals surface area contributed by atoms with E-state index in [2.05, 4.69) is 67.8 Å². The molecule has 0 bridgehead atoms. The van der Waals surface area contributed by atoms with Gasteiger partial charge in [0.1, 0.15) is 19.3 Å². The Labute approximate surface area is 389 Å². The van der Waals surface area contributed by atoms with Gasteiger partial charge in [0.2, 0.25) is 5.91 Å². The van der Waals surface area contributed by atoms with Crippen LogP contribution < -0.4 is 10.2 Å². The van der Waals surface area contributed by atoms with Gasteiger partial charge in [0.05, 0.1) is 39.9 Å². The number of carbonyl (C=O) groups is 1. The van der Waals surface area contributed by atoms with E-state index in [0.717, 1.165) is 64.2 Å². The summed E-state index contributed by atoms with van der Waals surface area (Å²) in [6.07, 6.45) is 53.0. The van der Waals surface area contributed by atoms with Crippen molar-refractivity contribution in [2.45, 2.75) is 244 Å². The van der Waals surface area contributed by atoms with Gasteiger partial charge in [-0.25, -0.2) is 0 Å². The molecule has 0 fully saturated rings. The van der Waals surface area contributed by atoms with E-state index in [4.69, 9.17) is 9.05 Å². The van der Waals surface area contributed by atoms with E-state index in [-0.39, 0.29) is 18.9 Å². The molecule has 4 unspecified atom stereocenters. The molecule has 0 rings (SSSR count). The minimum absolute atomic E-state index is 0.0413. The van der Waals surface area contributed by atoms with Crippen molar-refractivity contribution in [1.29, 1.82) is 0 Å². The van der Waals surface area contributed by atoms with Gasteiger partial charge < -0.3 is 34.0 Å². The smallest absolute Gasteiger partial charge is 0.268 e. The number of likely N-dealkylation sites (N-methyl/N-ethyl adjacent to an activating group) is 1. The Hall–Kier alpha value is -1.58. The van der Waals surface area contributed by atoms with E-state index in [0.29, 0.717) is 23.9 Å². The molecule has 3 N–H and O–H groups in total. The molecule has 370 valence electrons. The molecular formula is C53H101N2O7P. The molecule has 10 heteroatoms. The monoisotopic (exact) mass is 909 g/mol. The van der Waals surface area contributed by atoms with Gasteiger partial charge in [-0.3, -0.25) is 9.36 Å². The van der Waals surface area contributed by atoms with E-state index in [1.807, 2.05) is 21.1 Å². The van der Waals surface area contributed by atoms with Gasteiger partial charge in [0.15, 0.2) is 0 Å². The molecule has 0 aliphatic rings. The molecule has 9 nitrogen and oxygen atoms in total. The predicted molar refractivity (Wildman–Crippen MR) is 267 cm³/mol. The fraction of sp³-hybridized carbons (Fsp3) is 0.830. The first-order valence-electron chi connectivity index (χ1n) is 26.1. The van der Waals surface area contributed by atoms with Crippen molar-refractivity contribution in [2.75, 3.05) is 40.9 Å². The lowest BCUT2D eigenvalue weighted by molar-refractivity contribution is -0.870. The molecule has 4 atom stereocenters. The number of hydrogen-bond donors (Lipinski definition) is 3. The number of nitrogens with zero attached hydrogens (tertiary/aromatic N) is 1. The predicted octanol–water partition coefficient (Wildman–Crippen LogP) is 13.5. The Bertz CT molecular complexity index is 1180. The second-order valence-electron chi connectivity index (χ2n) is 19.0. The standard InChI is InChI=1S/C53H101N2O7P/c1-6-8-10-12-14-16-18-20-21-22-23-24-25-26-27-28-29-30-31-32-33-34-36-38-40-42-44-46-52(57)54-50(49-62-63(59,60)61-48-47-55(3,4)5)53(58)51(56)45-43-41-39-37-35-19-17-15-13-11-9-7-2/h8,10,14,16,20-21,23-24,50-51,53,56,58H,6-7,9,11-13,15,17-19,22,25-49H2,1-5H3,(H-,54,57,59,60)/b10-8-,16-14-,21-20-,24-23-. The van der Waals surface area contributed by atoms with Crippen LogP contribution in [-0.2, 0) is 18.4 Å². The van der Waals surface area contributed by atoms with Crippen molar-refractivity contribution in [1.82, 2.24) is 5.32 Å². The summed E-state index contributed by atoms with van der Waals surface area (Å²) in [4.78, 5) is 25.5. The molecule has 0 saturated heterocycles. The molecule has 0 aliphatic heterocycles. The number of aliphatic hydroxyl groups is 2. The third-order valence-electron chi connectivity index (χ3n) is 11.7. The number of nitrogens with one attached hydrogen (secondary N) is 1. The Kier molecular flexibility index (Phi) is 43.2. The summed E-state index contributed by atoms with van der Waals surface area (Å²) in [5, 5.41) is 24.7. The third-order valence-corrected chi connectivity index (χ3v) is 12.6. The van der Waals surface area contributed by atoms with Crippen LogP contribution in [0.3, 0.4) is 0 Å². The van der Waals surface area contributed by atoms with E-state index >= 15 is 0 Å². The maximum atomic E-state index is 13.0. The topological polar surface area (TPSA) is 128 Å². The lowest BCUT2D eigenvalue weighted by Crippen LogP contribution is -2.51. The Morgan fingerprint density at radius 2 is 1.00 bits per heavy atom. The molecule has 0 aliphatic carbocycles. The summed E-state index contributed by atoms with van der Waals surface area (Å²) in [5.41, 5.74) is 0. The number of phosphoric ester groups is 1. The van der Waals surface area contributed by atoms with Crippen LogP contribution in [0.15, 0.2) is 48.6 Å². The first kappa shape index (κ1) is 61.4. The fourth-order valence-corrected chi connectivity index (χ4v) is 8.26. The summed E-state index contributed by atoms with van der Waals surface area (Å²) in [5.74, 6) is -0.280. The summed E-state index contributed by atoms with van der Waals surface area (Å²) >= 11 is 0. The van der Waals surface area contributed by atoms with Gasteiger partial charge >= 0.3 is 0 Å². The molecular weight excluding hydrogens is 808 g/mol. The van der Waals surface area contributed by atoms with Crippen LogP contribution in [0.5, 0.6) is 0 Å². The van der Waals surface area contributed by atoms with Gasteiger partial charge in [0.25, 0.3) is 7.82 Å². The lowest BCUT2D eigenvalue weighted by atomic mass is 9.99. The number of amides is 1. The number of quaternary nitrogens is 1. The molecule has 0 radical (unpaired) electrons. The quantitative estimate of drug-likeness (QED) is 0.0240. The Morgan fingerprint density at radius 1 is 0.587 bits per heavy atom. The highest BCUT2D eigenvalue weighted by Crippen LogP contribution is 2.38. The number of hydrogen-bond acceptors (Lipinski definition) is 7. The zero-order chi connectivity index (χ0) is 46.5. The van der Waals surface area contributed by atoms with Crippen molar-refractivity contribution in [3.8, 4) is 0 Å². The average molecular weight is 909 g/mol. The third kappa shape index (κ3) is 45.4. The minimum atomic E-state index is -4.67. The molecule has 0 heterocycles. The maximum Gasteiger partial charge on any atom is 0.268 e. The van der Waals surface area contributed by atoms with Crippen LogP contribution in [0.2, 0.25) is 0 Å². The van der Waals surface area contributed by atoms with Crippen molar-refractivity contribution >= 4 is 13.7 Å². The van der Waals surface area contributed by atoms with Crippen molar-refractivity contribution in [3.63, 3.8) is 0 Å². The van der Waals surface area contributed by atoms with Crippen LogP contribution in [0.1, 0.15) is 226 Å². The minimum Gasteiger partial charge on any atom is -0.756 e. The molecule has 0 saturated carbocycles. The molecule has 0 aromatic rings. The Morgan fingerprint density at radius 3 is 1.46 bits per heavy atom. The summed E-state index contributed by atoms with van der Waals surface area (Å²) in [6, 6.07) is -1.07. The molecule has 0 aromatic heterocycles. The summed E-state index contributed by atoms with van der Waals surface area (Å²) < 4.78 is 23.2. The number of aliphatic hydroxyl groups excluding tert-OH is 2. The molecule has 63 heavy (non-hydrogen) atoms. The van der Waals surface area contributed by atoms with Crippen LogP contribution >= 0.6 is 7.82 Å². The zero-order valence-electron chi connectivity index (χ0n) is 41.6. The zero-order valence-corrected chi connectivity index (χ0v) is 42.5. The largest absolute Gasteiger partial charge is 0.756 e. The van der Waals surface area contributed by atoms with Gasteiger partial charge in [-0.15, -0.1) is 0 Å². The van der Waals surface area contributed by atoms with Crippen LogP contribution in [0, 0.1) is 0 Å². The fourth-order valence-electron chi connectivity index (χ4n) is 7.54. The number of allylic oxidation sites excluding steroid dienone is 8. The van der Waals surface area contributed by atoms with E-state index in [9.17, 15) is 24.5 Å². The first-order chi connectivity index (χ1) is 30.4. The van der Waals surface area contributed by atoms with Crippen LogP contribution in [0.25, 0.3) is 0 Å². The normalized spacial score (nSPS) is 15.0. The number of rotatable bonds is 47. The molecule has 1 amide bonds. The molecule has 0 spiro atoms. The second kappa shape index (κ2) is 44.3. The lowest BCUT2D eigenvalue weighted by Gasteiger charge is -2.31. The van der Waals surface area contributed by atoms with Crippen molar-refractivity contribution < 1.29 is 38.0 Å². The number of phosphoric acid groups is 1. The van der Waals surface area contributed by atoms with Crippen molar-refractivity contribution in [3.05, 3.63) is 48.6 Å². The average Bonchev–Trinajstić information content (AvgIpc) is 3.24. The first-order valence-corrected chi connectivity index (χ1v) is 27.5. The van der Waals surface area contributed by atoms with Crippen LogP contribution in [-0.4, -0.2) is 79.8 Å². The van der Waals surface area contributed by atoms with Gasteiger partial charge in [-0.2, -0.15) is 0 Å². The Balaban J connectivity index is 4.23. The van der Waals surface area contributed by atoms with Gasteiger partial charge in [-0.05, 0) is 51.4 Å². The summed E-state index contributed by atoms with van der Waals surface area (Å²) in [7, 11) is 1.12. The van der Waals surface area contributed by atoms with E-state index in [1.165, 1.54) is 128 Å². The SMILES string of the molecule is CC/C=C\C/C=C\C/C=C\C/C=C\CCCCCCCCCCCCCCCCC(=O)NC(COP(=O)([O-])OCC[N+](C)(C)C)C(O)C(O)CCCCCCCCCCCCCC. The molecule has 0 aromatic carbocycles.